The predicted molar refractivity (Wildman–Crippen MR) is 150 cm³/mol. The van der Waals surface area contributed by atoms with Crippen molar-refractivity contribution in [2.75, 3.05) is 18.1 Å². The highest BCUT2D eigenvalue weighted by molar-refractivity contribution is 7.89. The van der Waals surface area contributed by atoms with Gasteiger partial charge in [0.15, 0.2) is 0 Å². The van der Waals surface area contributed by atoms with Crippen molar-refractivity contribution < 1.29 is 36.7 Å². The molecule has 0 saturated carbocycles. The van der Waals surface area contributed by atoms with Gasteiger partial charge in [0.1, 0.15) is 17.3 Å². The first-order chi connectivity index (χ1) is 19.6. The zero-order valence-corrected chi connectivity index (χ0v) is 23.0. The minimum absolute atomic E-state index is 0.0125. The third-order valence-corrected chi connectivity index (χ3v) is 7.65. The largest absolute Gasteiger partial charge is 0.492 e. The third-order valence-electron chi connectivity index (χ3n) is 6.44. The van der Waals surface area contributed by atoms with Crippen LogP contribution in [0.3, 0.4) is 0 Å². The molecule has 1 aliphatic rings. The maximum atomic E-state index is 13.7. The van der Waals surface area contributed by atoms with Crippen molar-refractivity contribution in [1.82, 2.24) is 4.72 Å². The Labute approximate surface area is 235 Å². The number of anilines is 1. The summed E-state index contributed by atoms with van der Waals surface area (Å²) in [5.74, 6) is -2.59. The SMILES string of the molecule is CCOc1c2c(c(OCC)c3ccccc13)C(=O)N(c1ccc(CS(=O)(=O)NC(=O)c3ccc(F)cc3)cc1)C2=O. The van der Waals surface area contributed by atoms with Crippen molar-refractivity contribution in [2.24, 2.45) is 0 Å². The molecule has 0 radical (unpaired) electrons. The van der Waals surface area contributed by atoms with Crippen LogP contribution in [0.25, 0.3) is 10.8 Å². The monoisotopic (exact) mass is 576 g/mol. The van der Waals surface area contributed by atoms with Crippen LogP contribution in [0, 0.1) is 5.82 Å². The van der Waals surface area contributed by atoms with E-state index in [-0.39, 0.29) is 35.6 Å². The van der Waals surface area contributed by atoms with Gasteiger partial charge < -0.3 is 9.47 Å². The van der Waals surface area contributed by atoms with Gasteiger partial charge in [-0.1, -0.05) is 36.4 Å². The van der Waals surface area contributed by atoms with Gasteiger partial charge in [0.25, 0.3) is 17.7 Å². The van der Waals surface area contributed by atoms with E-state index in [0.29, 0.717) is 27.8 Å². The summed E-state index contributed by atoms with van der Waals surface area (Å²) in [5, 5.41) is 1.28. The van der Waals surface area contributed by atoms with Gasteiger partial charge in [0.2, 0.25) is 10.0 Å². The number of sulfonamides is 1. The zero-order valence-electron chi connectivity index (χ0n) is 22.1. The molecular weight excluding hydrogens is 551 g/mol. The third kappa shape index (κ3) is 5.23. The smallest absolute Gasteiger partial charge is 0.270 e. The number of nitrogens with zero attached hydrogens (tertiary/aromatic N) is 1. The quantitative estimate of drug-likeness (QED) is 0.283. The topological polar surface area (TPSA) is 119 Å². The number of halogens is 1. The number of carbonyl (C=O) groups is 3. The Morgan fingerprint density at radius 1 is 0.805 bits per heavy atom. The normalized spacial score (nSPS) is 12.9. The number of ether oxygens (including phenoxy) is 2. The van der Waals surface area contributed by atoms with Gasteiger partial charge in [0, 0.05) is 16.3 Å². The van der Waals surface area contributed by atoms with Crippen molar-refractivity contribution in [1.29, 1.82) is 0 Å². The molecule has 0 atom stereocenters. The number of carbonyl (C=O) groups excluding carboxylic acids is 3. The Morgan fingerprint density at radius 2 is 1.32 bits per heavy atom. The van der Waals surface area contributed by atoms with Crippen LogP contribution in [0.15, 0.2) is 72.8 Å². The van der Waals surface area contributed by atoms with Gasteiger partial charge in [-0.05, 0) is 55.8 Å². The molecule has 11 heteroatoms. The lowest BCUT2D eigenvalue weighted by atomic mass is 9.99. The fourth-order valence-corrected chi connectivity index (χ4v) is 5.82. The highest BCUT2D eigenvalue weighted by atomic mass is 32.2. The Morgan fingerprint density at radius 3 is 1.80 bits per heavy atom. The lowest BCUT2D eigenvalue weighted by molar-refractivity contribution is 0.0922. The van der Waals surface area contributed by atoms with E-state index in [2.05, 4.69) is 0 Å². The van der Waals surface area contributed by atoms with Crippen molar-refractivity contribution in [3.63, 3.8) is 0 Å². The fraction of sp³-hybridized carbons (Fsp3) is 0.167. The van der Waals surface area contributed by atoms with E-state index in [1.807, 2.05) is 4.72 Å². The Hall–Kier alpha value is -4.77. The van der Waals surface area contributed by atoms with E-state index in [1.165, 1.54) is 36.4 Å². The fourth-order valence-electron chi connectivity index (χ4n) is 4.72. The first kappa shape index (κ1) is 27.8. The number of benzene rings is 4. The first-order valence-corrected chi connectivity index (χ1v) is 14.4. The zero-order chi connectivity index (χ0) is 29.3. The molecule has 1 aliphatic heterocycles. The maximum Gasteiger partial charge on any atom is 0.270 e. The summed E-state index contributed by atoms with van der Waals surface area (Å²) < 4.78 is 52.0. The second-order valence-corrected chi connectivity index (χ2v) is 10.9. The molecule has 1 N–H and O–H groups in total. The summed E-state index contributed by atoms with van der Waals surface area (Å²) in [6, 6.07) is 17.5. The second kappa shape index (κ2) is 11.0. The molecule has 0 aliphatic carbocycles. The maximum absolute atomic E-state index is 13.7. The van der Waals surface area contributed by atoms with E-state index in [9.17, 15) is 27.2 Å². The molecule has 3 amide bonds. The summed E-state index contributed by atoms with van der Waals surface area (Å²) in [4.78, 5) is 40.7. The average molecular weight is 577 g/mol. The minimum Gasteiger partial charge on any atom is -0.492 e. The van der Waals surface area contributed by atoms with Crippen LogP contribution in [-0.4, -0.2) is 39.4 Å². The molecule has 5 rings (SSSR count). The molecular formula is C30H25FN2O7S. The van der Waals surface area contributed by atoms with E-state index in [4.69, 9.17) is 9.47 Å². The second-order valence-electron chi connectivity index (χ2n) is 9.13. The van der Waals surface area contributed by atoms with Gasteiger partial charge >= 0.3 is 0 Å². The summed E-state index contributed by atoms with van der Waals surface area (Å²) in [7, 11) is -4.11. The molecule has 1 heterocycles. The van der Waals surface area contributed by atoms with Gasteiger partial charge in [-0.3, -0.25) is 14.4 Å². The molecule has 210 valence electrons. The van der Waals surface area contributed by atoms with E-state index >= 15 is 0 Å². The number of fused-ring (bicyclic) bond motifs is 2. The predicted octanol–water partition coefficient (Wildman–Crippen LogP) is 4.84. The molecule has 9 nitrogen and oxygen atoms in total. The van der Waals surface area contributed by atoms with Crippen LogP contribution in [0.4, 0.5) is 10.1 Å². The van der Waals surface area contributed by atoms with E-state index < -0.39 is 39.3 Å². The molecule has 0 saturated heterocycles. The summed E-state index contributed by atoms with van der Waals surface area (Å²) >= 11 is 0. The number of rotatable bonds is 9. The van der Waals surface area contributed by atoms with Crippen molar-refractivity contribution in [3.8, 4) is 11.5 Å². The van der Waals surface area contributed by atoms with Gasteiger partial charge in [-0.2, -0.15) is 0 Å². The van der Waals surface area contributed by atoms with Crippen LogP contribution in [0.1, 0.15) is 50.5 Å². The van der Waals surface area contributed by atoms with Crippen molar-refractivity contribution in [3.05, 3.63) is 101 Å². The number of hydrogen-bond acceptors (Lipinski definition) is 7. The Bertz CT molecular complexity index is 1720. The molecule has 0 spiro atoms. The standard InChI is InChI=1S/C30H25FN2O7S/c1-3-39-26-22-7-5-6-8-23(22)27(40-4-2)25-24(26)29(35)33(30(25)36)21-15-9-18(10-16-21)17-41(37,38)32-28(34)19-11-13-20(31)14-12-19/h5-16H,3-4,17H2,1-2H3,(H,32,34). The first-order valence-electron chi connectivity index (χ1n) is 12.8. The van der Waals surface area contributed by atoms with Gasteiger partial charge in [0.05, 0.1) is 35.8 Å². The van der Waals surface area contributed by atoms with Crippen LogP contribution < -0.4 is 19.1 Å². The molecule has 0 aromatic heterocycles. The van der Waals surface area contributed by atoms with Crippen LogP contribution in [-0.2, 0) is 15.8 Å². The van der Waals surface area contributed by atoms with E-state index in [1.54, 1.807) is 38.1 Å². The number of amides is 3. The number of hydrogen-bond donors (Lipinski definition) is 1. The van der Waals surface area contributed by atoms with Gasteiger partial charge in [-0.25, -0.2) is 22.4 Å². The van der Waals surface area contributed by atoms with Crippen LogP contribution in [0.5, 0.6) is 11.5 Å². The Kier molecular flexibility index (Phi) is 7.46. The molecule has 4 aromatic rings. The van der Waals surface area contributed by atoms with Crippen LogP contribution >= 0.6 is 0 Å². The highest BCUT2D eigenvalue weighted by Crippen LogP contribution is 2.46. The van der Waals surface area contributed by atoms with Crippen molar-refractivity contribution >= 4 is 44.2 Å². The lowest BCUT2D eigenvalue weighted by Crippen LogP contribution is -2.31. The molecule has 41 heavy (non-hydrogen) atoms. The average Bonchev–Trinajstić information content (AvgIpc) is 3.20. The number of nitrogens with one attached hydrogen (secondary N) is 1. The van der Waals surface area contributed by atoms with Gasteiger partial charge in [-0.15, -0.1) is 0 Å². The summed E-state index contributed by atoms with van der Waals surface area (Å²) in [5.41, 5.74) is 0.729. The van der Waals surface area contributed by atoms with Crippen molar-refractivity contribution in [2.45, 2.75) is 19.6 Å². The minimum atomic E-state index is -4.11. The summed E-state index contributed by atoms with van der Waals surface area (Å²) in [6.07, 6.45) is 0. The molecule has 4 aromatic carbocycles. The Balaban J connectivity index is 1.44. The van der Waals surface area contributed by atoms with Crippen LogP contribution in [0.2, 0.25) is 0 Å². The molecule has 0 fully saturated rings. The molecule has 0 bridgehead atoms. The molecule has 0 unspecified atom stereocenters. The number of imide groups is 1. The summed E-state index contributed by atoms with van der Waals surface area (Å²) in [6.45, 7) is 4.11. The lowest BCUT2D eigenvalue weighted by Gasteiger charge is -2.15. The van der Waals surface area contributed by atoms with E-state index in [0.717, 1.165) is 17.0 Å². The highest BCUT2D eigenvalue weighted by Gasteiger charge is 2.43.